The minimum Gasteiger partial charge on any atom is -0.339 e. The van der Waals surface area contributed by atoms with Crippen molar-refractivity contribution < 1.29 is 9.32 Å². The van der Waals surface area contributed by atoms with Crippen molar-refractivity contribution >= 4 is 17.4 Å². The number of hydrogen-bond acceptors (Lipinski definition) is 6. The van der Waals surface area contributed by atoms with Gasteiger partial charge in [-0.05, 0) is 26.2 Å². The maximum absolute atomic E-state index is 12.4. The van der Waals surface area contributed by atoms with Gasteiger partial charge in [-0.25, -0.2) is 9.78 Å². The third-order valence-electron chi connectivity index (χ3n) is 4.18. The molecule has 3 rings (SSSR count). The molecular weight excluding hydrogens is 326 g/mol. The SMILES string of the molecule is Cc1noc([C@@H]2CCN(C(=O)NCc3nc(C(C)C)c(C)s3)C2)n1. The first-order valence-corrected chi connectivity index (χ1v) is 9.05. The fourth-order valence-electron chi connectivity index (χ4n) is 2.96. The lowest BCUT2D eigenvalue weighted by Crippen LogP contribution is -2.37. The first-order chi connectivity index (χ1) is 11.4. The van der Waals surface area contributed by atoms with E-state index in [9.17, 15) is 4.79 Å². The third-order valence-corrected chi connectivity index (χ3v) is 5.17. The first-order valence-electron chi connectivity index (χ1n) is 8.23. The average Bonchev–Trinajstić information content (AvgIpc) is 3.23. The molecule has 0 bridgehead atoms. The maximum atomic E-state index is 12.4. The zero-order valence-electron chi connectivity index (χ0n) is 14.5. The number of urea groups is 1. The van der Waals surface area contributed by atoms with E-state index in [2.05, 4.69) is 41.2 Å². The molecule has 7 nitrogen and oxygen atoms in total. The molecule has 2 amide bonds. The van der Waals surface area contributed by atoms with Crippen LogP contribution in [0.15, 0.2) is 4.52 Å². The molecule has 130 valence electrons. The van der Waals surface area contributed by atoms with Crippen LogP contribution in [-0.2, 0) is 6.54 Å². The molecule has 1 fully saturated rings. The van der Waals surface area contributed by atoms with Gasteiger partial charge >= 0.3 is 6.03 Å². The lowest BCUT2D eigenvalue weighted by Gasteiger charge is -2.16. The molecule has 2 aromatic heterocycles. The van der Waals surface area contributed by atoms with Gasteiger partial charge < -0.3 is 14.7 Å². The smallest absolute Gasteiger partial charge is 0.317 e. The van der Waals surface area contributed by atoms with Crippen molar-refractivity contribution in [2.45, 2.75) is 52.5 Å². The van der Waals surface area contributed by atoms with Crippen LogP contribution in [0.3, 0.4) is 0 Å². The normalized spacial score (nSPS) is 17.7. The van der Waals surface area contributed by atoms with Crippen LogP contribution in [0.4, 0.5) is 4.79 Å². The third kappa shape index (κ3) is 3.58. The molecule has 3 heterocycles. The predicted molar refractivity (Wildman–Crippen MR) is 91.1 cm³/mol. The number of aromatic nitrogens is 3. The Balaban J connectivity index is 1.53. The highest BCUT2D eigenvalue weighted by Gasteiger charge is 2.30. The van der Waals surface area contributed by atoms with Crippen LogP contribution in [0.25, 0.3) is 0 Å². The topological polar surface area (TPSA) is 84.2 Å². The minimum atomic E-state index is -0.0623. The summed E-state index contributed by atoms with van der Waals surface area (Å²) in [5.74, 6) is 1.79. The summed E-state index contributed by atoms with van der Waals surface area (Å²) in [5, 5.41) is 7.74. The van der Waals surface area contributed by atoms with Gasteiger partial charge in [0.05, 0.1) is 18.2 Å². The standard InChI is InChI=1S/C16H23N5O2S/c1-9(2)14-10(3)24-13(19-14)7-17-16(22)21-6-5-12(8-21)15-18-11(4)20-23-15/h9,12H,5-8H2,1-4H3,(H,17,22)/t12-/m1/s1. The molecule has 0 radical (unpaired) electrons. The zero-order chi connectivity index (χ0) is 17.3. The van der Waals surface area contributed by atoms with Gasteiger partial charge in [-0.1, -0.05) is 19.0 Å². The quantitative estimate of drug-likeness (QED) is 0.917. The zero-order valence-corrected chi connectivity index (χ0v) is 15.3. The van der Waals surface area contributed by atoms with Gasteiger partial charge in [-0.15, -0.1) is 11.3 Å². The summed E-state index contributed by atoms with van der Waals surface area (Å²) >= 11 is 1.65. The van der Waals surface area contributed by atoms with Gasteiger partial charge in [-0.2, -0.15) is 4.98 Å². The Morgan fingerprint density at radius 3 is 2.83 bits per heavy atom. The first kappa shape index (κ1) is 16.9. The fraction of sp³-hybridized carbons (Fsp3) is 0.625. The molecule has 24 heavy (non-hydrogen) atoms. The Kier molecular flexibility index (Phi) is 4.84. The van der Waals surface area contributed by atoms with E-state index in [1.54, 1.807) is 23.2 Å². The van der Waals surface area contributed by atoms with E-state index in [1.165, 1.54) is 4.88 Å². The molecule has 1 aliphatic heterocycles. The Morgan fingerprint density at radius 1 is 1.42 bits per heavy atom. The van der Waals surface area contributed by atoms with E-state index in [-0.39, 0.29) is 11.9 Å². The van der Waals surface area contributed by atoms with Crippen LogP contribution in [-0.4, -0.2) is 39.1 Å². The van der Waals surface area contributed by atoms with Crippen molar-refractivity contribution in [2.75, 3.05) is 13.1 Å². The summed E-state index contributed by atoms with van der Waals surface area (Å²) in [6.45, 7) is 9.93. The van der Waals surface area contributed by atoms with Crippen LogP contribution in [0.5, 0.6) is 0 Å². The van der Waals surface area contributed by atoms with Crippen molar-refractivity contribution in [2.24, 2.45) is 0 Å². The number of nitrogens with one attached hydrogen (secondary N) is 1. The maximum Gasteiger partial charge on any atom is 0.317 e. The summed E-state index contributed by atoms with van der Waals surface area (Å²) in [4.78, 5) is 24.3. The van der Waals surface area contributed by atoms with Crippen LogP contribution in [0.2, 0.25) is 0 Å². The summed E-state index contributed by atoms with van der Waals surface area (Å²) in [7, 11) is 0. The summed E-state index contributed by atoms with van der Waals surface area (Å²) < 4.78 is 5.22. The Morgan fingerprint density at radius 2 is 2.21 bits per heavy atom. The minimum absolute atomic E-state index is 0.0623. The van der Waals surface area contributed by atoms with Crippen molar-refractivity contribution in [3.05, 3.63) is 27.3 Å². The van der Waals surface area contributed by atoms with Crippen LogP contribution in [0.1, 0.15) is 59.4 Å². The van der Waals surface area contributed by atoms with E-state index in [0.717, 1.165) is 17.1 Å². The Hall–Kier alpha value is -1.96. The summed E-state index contributed by atoms with van der Waals surface area (Å²) in [6, 6.07) is -0.0623. The molecule has 1 aliphatic rings. The Bertz CT molecular complexity index is 724. The predicted octanol–water partition coefficient (Wildman–Crippen LogP) is 2.97. The van der Waals surface area contributed by atoms with E-state index in [4.69, 9.17) is 4.52 Å². The highest BCUT2D eigenvalue weighted by atomic mass is 32.1. The lowest BCUT2D eigenvalue weighted by molar-refractivity contribution is 0.207. The number of hydrogen-bond donors (Lipinski definition) is 1. The second-order valence-corrected chi connectivity index (χ2v) is 7.76. The molecule has 0 spiro atoms. The van der Waals surface area contributed by atoms with Gasteiger partial charge in [0.25, 0.3) is 0 Å². The van der Waals surface area contributed by atoms with Crippen LogP contribution >= 0.6 is 11.3 Å². The summed E-state index contributed by atoms with van der Waals surface area (Å²) in [6.07, 6.45) is 0.850. The van der Waals surface area contributed by atoms with Crippen LogP contribution < -0.4 is 5.32 Å². The number of rotatable bonds is 4. The largest absolute Gasteiger partial charge is 0.339 e. The lowest BCUT2D eigenvalue weighted by atomic mass is 10.1. The molecule has 2 aromatic rings. The van der Waals surface area contributed by atoms with Gasteiger partial charge in [0, 0.05) is 18.0 Å². The molecule has 0 saturated carbocycles. The number of carbonyl (C=O) groups excluding carboxylic acids is 1. The molecular formula is C16H23N5O2S. The highest BCUT2D eigenvalue weighted by molar-refractivity contribution is 7.11. The number of aryl methyl sites for hydroxylation is 2. The Labute approximate surface area is 145 Å². The molecule has 1 saturated heterocycles. The number of thiazole rings is 1. The van der Waals surface area contributed by atoms with Crippen molar-refractivity contribution in [1.29, 1.82) is 0 Å². The number of carbonyl (C=O) groups is 1. The molecule has 8 heteroatoms. The van der Waals surface area contributed by atoms with E-state index in [0.29, 0.717) is 37.3 Å². The molecule has 1 atom stereocenters. The highest BCUT2D eigenvalue weighted by Crippen LogP contribution is 2.26. The second-order valence-electron chi connectivity index (χ2n) is 6.47. The van der Waals surface area contributed by atoms with E-state index < -0.39 is 0 Å². The van der Waals surface area contributed by atoms with Crippen molar-refractivity contribution in [1.82, 2.24) is 25.3 Å². The fourth-order valence-corrected chi connectivity index (χ4v) is 3.99. The van der Waals surface area contributed by atoms with Gasteiger partial charge in [0.2, 0.25) is 5.89 Å². The molecule has 0 aromatic carbocycles. The average molecular weight is 349 g/mol. The van der Waals surface area contributed by atoms with E-state index >= 15 is 0 Å². The van der Waals surface area contributed by atoms with Gasteiger partial charge in [0.1, 0.15) is 5.01 Å². The monoisotopic (exact) mass is 349 g/mol. The number of likely N-dealkylation sites (tertiary alicyclic amines) is 1. The van der Waals surface area contributed by atoms with Crippen LogP contribution in [0, 0.1) is 13.8 Å². The van der Waals surface area contributed by atoms with Gasteiger partial charge in [0.15, 0.2) is 5.82 Å². The molecule has 1 N–H and O–H groups in total. The second kappa shape index (κ2) is 6.88. The number of nitrogens with zero attached hydrogens (tertiary/aromatic N) is 4. The van der Waals surface area contributed by atoms with E-state index in [1.807, 2.05) is 0 Å². The molecule has 0 aliphatic carbocycles. The molecule has 0 unspecified atom stereocenters. The van der Waals surface area contributed by atoms with Crippen molar-refractivity contribution in [3.8, 4) is 0 Å². The van der Waals surface area contributed by atoms with Gasteiger partial charge in [-0.3, -0.25) is 0 Å². The number of amides is 2. The summed E-state index contributed by atoms with van der Waals surface area (Å²) in [5.41, 5.74) is 1.12. The van der Waals surface area contributed by atoms with Crippen molar-refractivity contribution in [3.63, 3.8) is 0 Å².